The van der Waals surface area contributed by atoms with E-state index in [4.69, 9.17) is 38.0 Å². The number of nitrogens with one attached hydrogen (secondary N) is 2. The van der Waals surface area contributed by atoms with Crippen molar-refractivity contribution in [2.45, 2.75) is 6.92 Å². The van der Waals surface area contributed by atoms with E-state index in [1.165, 1.54) is 19.0 Å². The summed E-state index contributed by atoms with van der Waals surface area (Å²) >= 11 is 11.6. The summed E-state index contributed by atoms with van der Waals surface area (Å²) in [5.41, 5.74) is 3.79. The predicted octanol–water partition coefficient (Wildman–Crippen LogP) is 4.53. The van der Waals surface area contributed by atoms with Gasteiger partial charge in [-0.2, -0.15) is 4.80 Å². The Kier molecular flexibility index (Phi) is 7.04. The number of halogens is 1. The van der Waals surface area contributed by atoms with Gasteiger partial charge in [-0.1, -0.05) is 17.7 Å². The predicted molar refractivity (Wildman–Crippen MR) is 138 cm³/mol. The third-order valence-electron chi connectivity index (χ3n) is 5.22. The van der Waals surface area contributed by atoms with E-state index in [1.54, 1.807) is 43.5 Å². The quantitative estimate of drug-likeness (QED) is 0.364. The molecule has 0 aliphatic heterocycles. The van der Waals surface area contributed by atoms with E-state index in [2.05, 4.69) is 20.8 Å². The van der Waals surface area contributed by atoms with Crippen LogP contribution in [0.15, 0.2) is 48.5 Å². The summed E-state index contributed by atoms with van der Waals surface area (Å²) in [6.07, 6.45) is 0. The number of carbonyl (C=O) groups excluding carboxylic acids is 1. The van der Waals surface area contributed by atoms with E-state index in [-0.39, 0.29) is 10.7 Å². The monoisotopic (exact) mass is 511 g/mol. The van der Waals surface area contributed by atoms with Crippen LogP contribution in [-0.2, 0) is 0 Å². The van der Waals surface area contributed by atoms with Gasteiger partial charge >= 0.3 is 0 Å². The van der Waals surface area contributed by atoms with Gasteiger partial charge < -0.3 is 19.5 Å². The first-order chi connectivity index (χ1) is 16.8. The van der Waals surface area contributed by atoms with Gasteiger partial charge in [0, 0.05) is 5.69 Å². The molecule has 0 saturated carbocycles. The Morgan fingerprint density at radius 1 is 0.943 bits per heavy atom. The van der Waals surface area contributed by atoms with Crippen LogP contribution in [0.1, 0.15) is 15.9 Å². The number of methoxy groups -OCH3 is 3. The number of thiocarbonyl (C=S) groups is 1. The molecule has 1 amide bonds. The molecule has 4 aromatic rings. The van der Waals surface area contributed by atoms with Crippen molar-refractivity contribution in [1.82, 2.24) is 20.3 Å². The minimum Gasteiger partial charge on any atom is -0.496 e. The van der Waals surface area contributed by atoms with E-state index < -0.39 is 5.91 Å². The number of aryl methyl sites for hydroxylation is 1. The molecule has 0 aliphatic carbocycles. The fourth-order valence-corrected chi connectivity index (χ4v) is 3.95. The van der Waals surface area contributed by atoms with Crippen LogP contribution >= 0.6 is 23.8 Å². The maximum absolute atomic E-state index is 12.9. The second-order valence-corrected chi connectivity index (χ2v) is 8.23. The number of rotatable bonds is 6. The van der Waals surface area contributed by atoms with Crippen molar-refractivity contribution in [3.63, 3.8) is 0 Å². The summed E-state index contributed by atoms with van der Waals surface area (Å²) in [5, 5.41) is 15.4. The Bertz CT molecular complexity index is 1420. The van der Waals surface area contributed by atoms with Gasteiger partial charge in [-0.05, 0) is 67.2 Å². The van der Waals surface area contributed by atoms with Crippen LogP contribution in [-0.4, -0.2) is 47.3 Å². The molecule has 1 aromatic heterocycles. The van der Waals surface area contributed by atoms with Crippen molar-refractivity contribution in [3.05, 3.63) is 64.7 Å². The van der Waals surface area contributed by atoms with Gasteiger partial charge in [0.15, 0.2) is 5.11 Å². The number of nitrogens with zero attached hydrogens (tertiary/aromatic N) is 3. The van der Waals surface area contributed by atoms with Crippen LogP contribution in [0.2, 0.25) is 5.02 Å². The van der Waals surface area contributed by atoms with Gasteiger partial charge in [0.05, 0.1) is 32.0 Å². The number of hydrogen-bond donors (Lipinski definition) is 2. The molecule has 3 aromatic carbocycles. The Morgan fingerprint density at radius 2 is 1.57 bits per heavy atom. The minimum absolute atomic E-state index is 0.111. The lowest BCUT2D eigenvalue weighted by Crippen LogP contribution is -2.34. The summed E-state index contributed by atoms with van der Waals surface area (Å²) in [6, 6.07) is 14.0. The summed E-state index contributed by atoms with van der Waals surface area (Å²) in [6.45, 7) is 1.90. The molecule has 180 valence electrons. The van der Waals surface area contributed by atoms with Gasteiger partial charge in [-0.3, -0.25) is 10.1 Å². The van der Waals surface area contributed by atoms with Gasteiger partial charge in [-0.25, -0.2) is 0 Å². The van der Waals surface area contributed by atoms with Crippen molar-refractivity contribution in [1.29, 1.82) is 0 Å². The molecule has 1 heterocycles. The number of hydrogen-bond acceptors (Lipinski definition) is 7. The molecule has 0 unspecified atom stereocenters. The van der Waals surface area contributed by atoms with Crippen LogP contribution in [0.5, 0.6) is 17.2 Å². The van der Waals surface area contributed by atoms with Crippen molar-refractivity contribution in [3.8, 4) is 22.9 Å². The summed E-state index contributed by atoms with van der Waals surface area (Å²) in [5.74, 6) is 0.851. The number of carbonyl (C=O) groups is 1. The fourth-order valence-electron chi connectivity index (χ4n) is 3.49. The SMILES string of the molecule is COc1ccc(-n2nc3cc(C)c(NC(=S)NC(=O)c4c(OC)cccc4OC)cc3n2)cc1Cl. The van der Waals surface area contributed by atoms with E-state index in [0.29, 0.717) is 44.7 Å². The number of ether oxygens (including phenoxy) is 3. The summed E-state index contributed by atoms with van der Waals surface area (Å²) in [7, 11) is 4.51. The molecular weight excluding hydrogens is 490 g/mol. The lowest BCUT2D eigenvalue weighted by Gasteiger charge is -2.15. The molecule has 0 radical (unpaired) electrons. The zero-order valence-corrected chi connectivity index (χ0v) is 21.0. The van der Waals surface area contributed by atoms with Crippen LogP contribution in [0.3, 0.4) is 0 Å². The molecule has 9 nitrogen and oxygen atoms in total. The van der Waals surface area contributed by atoms with E-state index >= 15 is 0 Å². The van der Waals surface area contributed by atoms with Crippen molar-refractivity contribution in [2.24, 2.45) is 0 Å². The van der Waals surface area contributed by atoms with E-state index in [1.807, 2.05) is 19.1 Å². The molecule has 0 saturated heterocycles. The minimum atomic E-state index is -0.460. The molecule has 35 heavy (non-hydrogen) atoms. The molecule has 0 spiro atoms. The molecule has 0 bridgehead atoms. The number of aromatic nitrogens is 3. The van der Waals surface area contributed by atoms with Gasteiger partial charge in [0.25, 0.3) is 5.91 Å². The smallest absolute Gasteiger partial charge is 0.264 e. The lowest BCUT2D eigenvalue weighted by atomic mass is 10.1. The molecule has 2 N–H and O–H groups in total. The average Bonchev–Trinajstić information content (AvgIpc) is 3.26. The molecule has 0 aliphatic rings. The first-order valence-electron chi connectivity index (χ1n) is 10.4. The zero-order chi connectivity index (χ0) is 25.1. The lowest BCUT2D eigenvalue weighted by molar-refractivity contribution is 0.0971. The highest BCUT2D eigenvalue weighted by Gasteiger charge is 2.19. The highest BCUT2D eigenvalue weighted by molar-refractivity contribution is 7.80. The first-order valence-corrected chi connectivity index (χ1v) is 11.2. The molecule has 11 heteroatoms. The second-order valence-electron chi connectivity index (χ2n) is 7.41. The Hall–Kier alpha value is -3.89. The normalized spacial score (nSPS) is 10.7. The number of benzene rings is 3. The maximum Gasteiger partial charge on any atom is 0.264 e. The first kappa shape index (κ1) is 24.2. The standard InChI is InChI=1S/C24H22ClN5O4S/c1-13-10-17-18(29-30(28-17)14-8-9-19(32-2)15(25)11-14)12-16(13)26-24(35)27-23(31)22-20(33-3)6-5-7-21(22)34-4/h5-12H,1-4H3,(H2,26,27,31,35). The van der Waals surface area contributed by atoms with E-state index in [9.17, 15) is 4.79 Å². The highest BCUT2D eigenvalue weighted by Crippen LogP contribution is 2.29. The summed E-state index contributed by atoms with van der Waals surface area (Å²) < 4.78 is 15.8. The van der Waals surface area contributed by atoms with Crippen molar-refractivity contribution in [2.75, 3.05) is 26.6 Å². The zero-order valence-electron chi connectivity index (χ0n) is 19.4. The Labute approximate surface area is 211 Å². The number of amides is 1. The highest BCUT2D eigenvalue weighted by atomic mass is 35.5. The topological polar surface area (TPSA) is 99.5 Å². The van der Waals surface area contributed by atoms with Crippen LogP contribution in [0.4, 0.5) is 5.69 Å². The van der Waals surface area contributed by atoms with Crippen molar-refractivity contribution < 1.29 is 19.0 Å². The maximum atomic E-state index is 12.9. The largest absolute Gasteiger partial charge is 0.496 e. The van der Waals surface area contributed by atoms with Gasteiger partial charge in [0.1, 0.15) is 33.8 Å². The van der Waals surface area contributed by atoms with Crippen molar-refractivity contribution >= 4 is 51.6 Å². The number of anilines is 1. The van der Waals surface area contributed by atoms with E-state index in [0.717, 1.165) is 5.56 Å². The number of fused-ring (bicyclic) bond motifs is 1. The third-order valence-corrected chi connectivity index (χ3v) is 5.72. The van der Waals surface area contributed by atoms with Crippen LogP contribution < -0.4 is 24.8 Å². The average molecular weight is 512 g/mol. The molecule has 4 rings (SSSR count). The van der Waals surface area contributed by atoms with Crippen LogP contribution in [0, 0.1) is 6.92 Å². The summed E-state index contributed by atoms with van der Waals surface area (Å²) in [4.78, 5) is 14.4. The molecule has 0 atom stereocenters. The third kappa shape index (κ3) is 4.98. The second kappa shape index (κ2) is 10.2. The van der Waals surface area contributed by atoms with Gasteiger partial charge in [0.2, 0.25) is 0 Å². The Balaban J connectivity index is 1.56. The molecule has 0 fully saturated rings. The van der Waals surface area contributed by atoms with Crippen LogP contribution in [0.25, 0.3) is 16.7 Å². The fraction of sp³-hybridized carbons (Fsp3) is 0.167. The van der Waals surface area contributed by atoms with Gasteiger partial charge in [-0.15, -0.1) is 10.2 Å². The molecular formula is C24H22ClN5O4S. The Morgan fingerprint density at radius 3 is 2.17 bits per heavy atom.